The lowest BCUT2D eigenvalue weighted by atomic mass is 9.88. The lowest BCUT2D eigenvalue weighted by Gasteiger charge is -2.14. The minimum atomic E-state index is 0.580. The highest BCUT2D eigenvalue weighted by Gasteiger charge is 2.27. The van der Waals surface area contributed by atoms with E-state index in [0.717, 1.165) is 144 Å². The van der Waals surface area contributed by atoms with Crippen LogP contribution >= 0.6 is 22.7 Å². The summed E-state index contributed by atoms with van der Waals surface area (Å²) in [4.78, 5) is 31.3. The van der Waals surface area contributed by atoms with E-state index in [1.54, 1.807) is 22.7 Å². The summed E-state index contributed by atoms with van der Waals surface area (Å²) in [5.41, 5.74) is 18.6. The van der Waals surface area contributed by atoms with Crippen LogP contribution in [0.25, 0.3) is 251 Å². The van der Waals surface area contributed by atoms with Crippen LogP contribution in [0.15, 0.2) is 373 Å². The van der Waals surface area contributed by atoms with Crippen molar-refractivity contribution in [1.82, 2.24) is 29.9 Å². The van der Waals surface area contributed by atoms with Crippen molar-refractivity contribution < 1.29 is 8.83 Å². The Balaban J connectivity index is 0.695. The summed E-state index contributed by atoms with van der Waals surface area (Å²) < 4.78 is 19.9. The number of fused-ring (bicyclic) bond motifs is 18. The van der Waals surface area contributed by atoms with Crippen molar-refractivity contribution in [3.63, 3.8) is 0 Å². The third kappa shape index (κ3) is 10.8. The minimum Gasteiger partial charge on any atom is -0.455 e. The standard InChI is InChI=1S/C106H60N6O2S2/c1-3-20-63(21-4-1)101-107-103(111-105(109-101)70-48-53-95-87(57-70)82-33-16-18-37-94(82)115-95)65-42-38-61(39-43-65)75-34-19-35-92-97(75)90-59-72(86-55-68-25-8-10-27-74(68)78-29-12-14-31-80(78)86)58-88(99(90)114-92)84-51-50-76(98-89-56-69(47-52-91(89)113-100(84)98)85-54-67-24-7-9-26-73(67)77-28-11-13-30-79(77)85)62-40-44-66(45-41-62)104-108-102(64-22-5-2-6-23-64)110-106(112-104)71-46-49-83-81-32-15-17-36-93(81)116-96(83)60-71/h1-60H. The normalized spacial score (nSPS) is 12.0. The van der Waals surface area contributed by atoms with Crippen molar-refractivity contribution in [3.8, 4) is 124 Å². The van der Waals surface area contributed by atoms with E-state index in [2.05, 4.69) is 328 Å². The first kappa shape index (κ1) is 65.7. The highest BCUT2D eigenvalue weighted by Crippen LogP contribution is 2.51. The van der Waals surface area contributed by atoms with Crippen molar-refractivity contribution in [2.45, 2.75) is 0 Å². The summed E-state index contributed by atoms with van der Waals surface area (Å²) in [5, 5.41) is 18.3. The predicted octanol–water partition coefficient (Wildman–Crippen LogP) is 29.5. The van der Waals surface area contributed by atoms with Crippen molar-refractivity contribution in [2.75, 3.05) is 0 Å². The average molecular weight is 1510 g/mol. The van der Waals surface area contributed by atoms with Crippen LogP contribution < -0.4 is 0 Å². The molecule has 24 rings (SSSR count). The number of hydrogen-bond donors (Lipinski definition) is 0. The number of nitrogens with zero attached hydrogens (tertiary/aromatic N) is 6. The fourth-order valence-electron chi connectivity index (χ4n) is 17.6. The number of aromatic nitrogens is 6. The Morgan fingerprint density at radius 2 is 0.578 bits per heavy atom. The first-order valence-electron chi connectivity index (χ1n) is 38.9. The highest BCUT2D eigenvalue weighted by atomic mass is 32.1. The Bertz CT molecular complexity index is 8210. The maximum atomic E-state index is 7.55. The van der Waals surface area contributed by atoms with Crippen molar-refractivity contribution >= 4 is 150 Å². The molecule has 116 heavy (non-hydrogen) atoms. The third-order valence-corrected chi connectivity index (χ3v) is 25.5. The van der Waals surface area contributed by atoms with Gasteiger partial charge in [0.05, 0.1) is 0 Å². The van der Waals surface area contributed by atoms with Gasteiger partial charge >= 0.3 is 0 Å². The van der Waals surface area contributed by atoms with Gasteiger partial charge in [0, 0.05) is 106 Å². The summed E-state index contributed by atoms with van der Waals surface area (Å²) >= 11 is 3.59. The third-order valence-electron chi connectivity index (χ3n) is 23.2. The van der Waals surface area contributed by atoms with Crippen LogP contribution in [-0.4, -0.2) is 29.9 Å². The van der Waals surface area contributed by atoms with E-state index >= 15 is 0 Å². The molecule has 0 aliphatic rings. The molecule has 24 aromatic rings. The van der Waals surface area contributed by atoms with Crippen LogP contribution in [0.4, 0.5) is 0 Å². The SMILES string of the molecule is c1ccc(-c2nc(-c3ccc(-c4ccc(-c5cc(-c6cc7ccccc7c7ccccc67)cc6c5oc5cccc(-c7ccc(-c8nc(-c9ccccc9)nc(-c9ccc%10sc%11ccccc%11c%10c9)n8)cc7)c56)c5oc6ccc(-c7cc8ccccc8c8ccccc78)cc6c45)cc3)nc(-c3ccc4c(c3)sc3ccccc34)n2)cc1. The van der Waals surface area contributed by atoms with Gasteiger partial charge in [0.15, 0.2) is 34.9 Å². The molecule has 0 fully saturated rings. The molecule has 6 heterocycles. The quantitative estimate of drug-likeness (QED) is 0.118. The average Bonchev–Trinajstić information content (AvgIpc) is 1.48. The second-order valence-corrected chi connectivity index (χ2v) is 32.0. The van der Waals surface area contributed by atoms with Crippen LogP contribution in [-0.2, 0) is 0 Å². The molecule has 0 unspecified atom stereocenters. The molecule has 0 spiro atoms. The van der Waals surface area contributed by atoms with Gasteiger partial charge in [-0.1, -0.05) is 279 Å². The molecule has 0 bridgehead atoms. The zero-order chi connectivity index (χ0) is 76.1. The van der Waals surface area contributed by atoms with Crippen molar-refractivity contribution in [3.05, 3.63) is 364 Å². The molecule has 0 N–H and O–H groups in total. The topological polar surface area (TPSA) is 104 Å². The molecule has 8 nitrogen and oxygen atoms in total. The zero-order valence-electron chi connectivity index (χ0n) is 62.0. The second kappa shape index (κ2) is 26.3. The molecule has 0 atom stereocenters. The van der Waals surface area contributed by atoms with Gasteiger partial charge in [-0.05, 0) is 173 Å². The molecule has 0 aliphatic heterocycles. The van der Waals surface area contributed by atoms with Gasteiger partial charge in [0.1, 0.15) is 22.3 Å². The van der Waals surface area contributed by atoms with Crippen LogP contribution in [0, 0.1) is 0 Å². The van der Waals surface area contributed by atoms with Gasteiger partial charge in [-0.3, -0.25) is 0 Å². The number of thiophene rings is 2. The number of benzene rings is 18. The summed E-state index contributed by atoms with van der Waals surface area (Å²) in [5.74, 6) is 3.60. The molecule has 0 saturated heterocycles. The fourth-order valence-corrected chi connectivity index (χ4v) is 19.9. The molecule has 538 valence electrons. The molecule has 0 amide bonds. The van der Waals surface area contributed by atoms with E-state index in [9.17, 15) is 0 Å². The van der Waals surface area contributed by atoms with Crippen LogP contribution in [0.3, 0.4) is 0 Å². The van der Waals surface area contributed by atoms with E-state index in [1.807, 2.05) is 36.4 Å². The Labute approximate surface area is 671 Å². The Morgan fingerprint density at radius 1 is 0.172 bits per heavy atom. The second-order valence-electron chi connectivity index (χ2n) is 29.9. The fraction of sp³-hybridized carbons (Fsp3) is 0. The maximum absolute atomic E-state index is 7.55. The van der Waals surface area contributed by atoms with Gasteiger partial charge in [-0.25, -0.2) is 29.9 Å². The van der Waals surface area contributed by atoms with Crippen LogP contribution in [0.2, 0.25) is 0 Å². The number of rotatable bonds is 11. The van der Waals surface area contributed by atoms with Gasteiger partial charge in [-0.15, -0.1) is 22.7 Å². The molecular weight excluding hydrogens is 1450 g/mol. The molecule has 6 aromatic heterocycles. The molecule has 0 saturated carbocycles. The predicted molar refractivity (Wildman–Crippen MR) is 483 cm³/mol. The highest BCUT2D eigenvalue weighted by molar-refractivity contribution is 7.26. The largest absolute Gasteiger partial charge is 0.455 e. The maximum Gasteiger partial charge on any atom is 0.164 e. The summed E-state index contributed by atoms with van der Waals surface area (Å²) in [7, 11) is 0. The van der Waals surface area contributed by atoms with Crippen LogP contribution in [0.5, 0.6) is 0 Å². The van der Waals surface area contributed by atoms with Crippen molar-refractivity contribution in [2.24, 2.45) is 0 Å². The number of furan rings is 2. The number of hydrogen-bond acceptors (Lipinski definition) is 10. The van der Waals surface area contributed by atoms with E-state index in [0.29, 0.717) is 34.9 Å². The summed E-state index contributed by atoms with van der Waals surface area (Å²) in [6.07, 6.45) is 0. The van der Waals surface area contributed by atoms with E-state index in [1.165, 1.54) is 72.7 Å². The van der Waals surface area contributed by atoms with E-state index < -0.39 is 0 Å². The zero-order valence-corrected chi connectivity index (χ0v) is 63.6. The van der Waals surface area contributed by atoms with Gasteiger partial charge in [0.2, 0.25) is 0 Å². The van der Waals surface area contributed by atoms with Gasteiger partial charge < -0.3 is 8.83 Å². The first-order chi connectivity index (χ1) is 57.4. The Hall–Kier alpha value is -14.9. The molecule has 18 aromatic carbocycles. The van der Waals surface area contributed by atoms with E-state index in [-0.39, 0.29) is 0 Å². The molecule has 10 heteroatoms. The molecule has 0 aliphatic carbocycles. The van der Waals surface area contributed by atoms with Gasteiger partial charge in [0.25, 0.3) is 0 Å². The van der Waals surface area contributed by atoms with Gasteiger partial charge in [-0.2, -0.15) is 0 Å². The lowest BCUT2D eigenvalue weighted by Crippen LogP contribution is -2.00. The summed E-state index contributed by atoms with van der Waals surface area (Å²) in [6, 6.07) is 130. The molecular formula is C106H60N6O2S2. The van der Waals surface area contributed by atoms with Crippen LogP contribution in [0.1, 0.15) is 0 Å². The Kier molecular flexibility index (Phi) is 14.9. The van der Waals surface area contributed by atoms with Crippen molar-refractivity contribution in [1.29, 1.82) is 0 Å². The monoisotopic (exact) mass is 1510 g/mol. The minimum absolute atomic E-state index is 0.580. The van der Waals surface area contributed by atoms with E-state index in [4.69, 9.17) is 38.7 Å². The smallest absolute Gasteiger partial charge is 0.164 e. The Morgan fingerprint density at radius 3 is 1.18 bits per heavy atom. The molecule has 0 radical (unpaired) electrons. The lowest BCUT2D eigenvalue weighted by molar-refractivity contribution is 0.665. The first-order valence-corrected chi connectivity index (χ1v) is 40.6. The summed E-state index contributed by atoms with van der Waals surface area (Å²) in [6.45, 7) is 0.